The maximum absolute atomic E-state index is 11.9. The summed E-state index contributed by atoms with van der Waals surface area (Å²) < 4.78 is 9.14. The van der Waals surface area contributed by atoms with E-state index in [-0.39, 0.29) is 23.9 Å². The summed E-state index contributed by atoms with van der Waals surface area (Å²) in [7, 11) is 1.58. The van der Waals surface area contributed by atoms with Crippen LogP contribution in [-0.2, 0) is 4.79 Å². The van der Waals surface area contributed by atoms with Gasteiger partial charge in [0.1, 0.15) is 5.75 Å². The van der Waals surface area contributed by atoms with Gasteiger partial charge < -0.3 is 15.2 Å². The number of rotatable bonds is 3. The largest absolute Gasteiger partial charge is 0.497 e. The fourth-order valence-corrected chi connectivity index (χ4v) is 3.35. The van der Waals surface area contributed by atoms with Gasteiger partial charge in [0.2, 0.25) is 5.91 Å². The fraction of sp³-hybridized carbons (Fsp3) is 0.214. The van der Waals surface area contributed by atoms with Crippen molar-refractivity contribution in [3.05, 3.63) is 40.4 Å². The second kappa shape index (κ2) is 5.17. The van der Waals surface area contributed by atoms with Gasteiger partial charge in [0.05, 0.1) is 17.7 Å². The number of methoxy groups -OCH3 is 1. The van der Waals surface area contributed by atoms with E-state index >= 15 is 0 Å². The Hall–Kier alpha value is -2.41. The molecular weight excluding hydrogens is 292 g/mol. The predicted molar refractivity (Wildman–Crippen MR) is 77.2 cm³/mol. The van der Waals surface area contributed by atoms with Crippen LogP contribution in [0.15, 0.2) is 24.3 Å². The second-order valence-corrected chi connectivity index (χ2v) is 5.46. The Balaban J connectivity index is 2.09. The molecule has 0 fully saturated rings. The fourth-order valence-electron chi connectivity index (χ4n) is 2.40. The lowest BCUT2D eigenvalue weighted by molar-refractivity contribution is -0.116. The topological polar surface area (TPSA) is 88.5 Å². The van der Waals surface area contributed by atoms with Crippen molar-refractivity contribution in [3.63, 3.8) is 0 Å². The molecular formula is C14H12N2O4S. The normalized spacial score (nSPS) is 17.0. The second-order valence-electron chi connectivity index (χ2n) is 4.66. The van der Waals surface area contributed by atoms with E-state index in [4.69, 9.17) is 9.84 Å². The van der Waals surface area contributed by atoms with E-state index in [1.165, 1.54) is 0 Å². The minimum absolute atomic E-state index is 0.101. The molecule has 0 spiro atoms. The molecule has 1 aliphatic rings. The van der Waals surface area contributed by atoms with E-state index in [2.05, 4.69) is 9.69 Å². The molecule has 2 aromatic rings. The summed E-state index contributed by atoms with van der Waals surface area (Å²) in [4.78, 5) is 23.8. The highest BCUT2D eigenvalue weighted by atomic mass is 32.1. The monoisotopic (exact) mass is 304 g/mol. The van der Waals surface area contributed by atoms with Gasteiger partial charge in [-0.3, -0.25) is 4.79 Å². The summed E-state index contributed by atoms with van der Waals surface area (Å²) in [5.41, 5.74) is 1.12. The predicted octanol–water partition coefficient (Wildman–Crippen LogP) is 2.32. The zero-order valence-electron chi connectivity index (χ0n) is 11.1. The van der Waals surface area contributed by atoms with Crippen molar-refractivity contribution in [2.75, 3.05) is 12.4 Å². The minimum atomic E-state index is -1.14. The smallest absolute Gasteiger partial charge is 0.357 e. The molecule has 0 aliphatic carbocycles. The number of aromatic carboxylic acids is 1. The third-order valence-corrected chi connectivity index (χ3v) is 4.35. The van der Waals surface area contributed by atoms with Gasteiger partial charge in [-0.2, -0.15) is 4.37 Å². The Morgan fingerprint density at radius 2 is 2.33 bits per heavy atom. The first-order valence-corrected chi connectivity index (χ1v) is 7.04. The van der Waals surface area contributed by atoms with Crippen molar-refractivity contribution in [2.45, 2.75) is 12.3 Å². The van der Waals surface area contributed by atoms with Crippen LogP contribution in [-0.4, -0.2) is 28.5 Å². The number of carbonyl (C=O) groups is 2. The number of fused-ring (bicyclic) bond motifs is 1. The SMILES string of the molecule is COc1cccc([C@H]2CC(=O)Nc3c(C(=O)O)nsc32)c1. The van der Waals surface area contributed by atoms with E-state index < -0.39 is 5.97 Å². The van der Waals surface area contributed by atoms with Gasteiger partial charge in [-0.05, 0) is 29.2 Å². The summed E-state index contributed by atoms with van der Waals surface area (Å²) in [5.74, 6) is -0.852. The number of aromatic nitrogens is 1. The molecule has 0 unspecified atom stereocenters. The van der Waals surface area contributed by atoms with Gasteiger partial charge in [-0.15, -0.1) is 0 Å². The van der Waals surface area contributed by atoms with Crippen molar-refractivity contribution < 1.29 is 19.4 Å². The lowest BCUT2D eigenvalue weighted by atomic mass is 9.90. The van der Waals surface area contributed by atoms with Crippen LogP contribution in [0.3, 0.4) is 0 Å². The Kier molecular flexibility index (Phi) is 3.34. The highest BCUT2D eigenvalue weighted by Crippen LogP contribution is 2.42. The molecule has 1 aromatic heterocycles. The third kappa shape index (κ3) is 2.36. The highest BCUT2D eigenvalue weighted by molar-refractivity contribution is 7.06. The van der Waals surface area contributed by atoms with Crippen LogP contribution in [0.25, 0.3) is 0 Å². The molecule has 2 N–H and O–H groups in total. The third-order valence-electron chi connectivity index (χ3n) is 3.39. The summed E-state index contributed by atoms with van der Waals surface area (Å²) in [6, 6.07) is 7.42. The van der Waals surface area contributed by atoms with Crippen LogP contribution in [0.5, 0.6) is 5.75 Å². The average Bonchev–Trinajstić information content (AvgIpc) is 2.90. The van der Waals surface area contributed by atoms with Gasteiger partial charge in [0, 0.05) is 12.3 Å². The molecule has 2 heterocycles. The molecule has 0 saturated heterocycles. The number of hydrogen-bond donors (Lipinski definition) is 2. The Labute approximate surface area is 124 Å². The molecule has 6 nitrogen and oxygen atoms in total. The van der Waals surface area contributed by atoms with Crippen LogP contribution in [0.4, 0.5) is 5.69 Å². The quantitative estimate of drug-likeness (QED) is 0.908. The molecule has 1 aromatic carbocycles. The van der Waals surface area contributed by atoms with Gasteiger partial charge in [0.15, 0.2) is 5.69 Å². The molecule has 108 valence electrons. The Morgan fingerprint density at radius 1 is 1.52 bits per heavy atom. The highest BCUT2D eigenvalue weighted by Gasteiger charge is 2.33. The van der Waals surface area contributed by atoms with Gasteiger partial charge >= 0.3 is 5.97 Å². The average molecular weight is 304 g/mol. The van der Waals surface area contributed by atoms with Crippen molar-refractivity contribution >= 4 is 29.1 Å². The number of anilines is 1. The molecule has 1 atom stereocenters. The maximum atomic E-state index is 11.9. The van der Waals surface area contributed by atoms with Gasteiger partial charge in [0.25, 0.3) is 0 Å². The number of hydrogen-bond acceptors (Lipinski definition) is 5. The molecule has 1 aliphatic heterocycles. The van der Waals surface area contributed by atoms with E-state index in [1.807, 2.05) is 24.3 Å². The van der Waals surface area contributed by atoms with E-state index in [1.54, 1.807) is 7.11 Å². The van der Waals surface area contributed by atoms with E-state index in [0.717, 1.165) is 22.0 Å². The molecule has 0 bridgehead atoms. The number of carboxylic acid groups (broad SMARTS) is 1. The van der Waals surface area contributed by atoms with Crippen LogP contribution >= 0.6 is 11.5 Å². The summed E-state index contributed by atoms with van der Waals surface area (Å²) >= 11 is 1.11. The van der Waals surface area contributed by atoms with E-state index in [0.29, 0.717) is 11.4 Å². The standard InChI is InChI=1S/C14H12N2O4S/c1-20-8-4-2-3-7(5-8)9-6-10(17)15-11-12(14(18)19)16-21-13(9)11/h2-5,9H,6H2,1H3,(H,15,17)(H,18,19)/t9-/m1/s1. The molecule has 21 heavy (non-hydrogen) atoms. The van der Waals surface area contributed by atoms with E-state index in [9.17, 15) is 9.59 Å². The van der Waals surface area contributed by atoms with Crippen LogP contribution in [0.1, 0.15) is 33.3 Å². The summed E-state index contributed by atoms with van der Waals surface area (Å²) in [6.07, 6.45) is 0.265. The van der Waals surface area contributed by atoms with Crippen molar-refractivity contribution in [1.82, 2.24) is 4.37 Å². The zero-order valence-corrected chi connectivity index (χ0v) is 11.9. The Morgan fingerprint density at radius 3 is 3.05 bits per heavy atom. The number of carboxylic acids is 1. The van der Waals surface area contributed by atoms with Gasteiger partial charge in [-0.25, -0.2) is 4.79 Å². The maximum Gasteiger partial charge on any atom is 0.357 e. The number of nitrogens with one attached hydrogen (secondary N) is 1. The molecule has 0 saturated carbocycles. The van der Waals surface area contributed by atoms with Crippen LogP contribution < -0.4 is 10.1 Å². The van der Waals surface area contributed by atoms with Gasteiger partial charge in [-0.1, -0.05) is 12.1 Å². The number of amides is 1. The lowest BCUT2D eigenvalue weighted by Crippen LogP contribution is -2.23. The summed E-state index contributed by atoms with van der Waals surface area (Å²) in [6.45, 7) is 0. The minimum Gasteiger partial charge on any atom is -0.497 e. The first-order chi connectivity index (χ1) is 10.1. The van der Waals surface area contributed by atoms with Crippen LogP contribution in [0.2, 0.25) is 0 Å². The molecule has 0 radical (unpaired) electrons. The lowest BCUT2D eigenvalue weighted by Gasteiger charge is -2.22. The number of carbonyl (C=O) groups excluding carboxylic acids is 1. The van der Waals surface area contributed by atoms with Crippen molar-refractivity contribution in [1.29, 1.82) is 0 Å². The summed E-state index contributed by atoms with van der Waals surface area (Å²) in [5, 5.41) is 11.7. The zero-order chi connectivity index (χ0) is 15.0. The molecule has 3 rings (SSSR count). The molecule has 1 amide bonds. The van der Waals surface area contributed by atoms with Crippen LogP contribution in [0, 0.1) is 0 Å². The molecule has 7 heteroatoms. The first-order valence-electron chi connectivity index (χ1n) is 6.27. The number of ether oxygens (including phenoxy) is 1. The first kappa shape index (κ1) is 13.6. The number of nitrogens with zero attached hydrogens (tertiary/aromatic N) is 1. The Bertz CT molecular complexity index is 726. The number of benzene rings is 1. The van der Waals surface area contributed by atoms with Crippen molar-refractivity contribution in [3.8, 4) is 5.75 Å². The van der Waals surface area contributed by atoms with Crippen molar-refractivity contribution in [2.24, 2.45) is 0 Å².